The first-order valence-corrected chi connectivity index (χ1v) is 7.14. The van der Waals surface area contributed by atoms with Crippen LogP contribution in [0.4, 0.5) is 0 Å². The van der Waals surface area contributed by atoms with Crippen molar-refractivity contribution in [1.29, 1.82) is 0 Å². The second-order valence-electron chi connectivity index (χ2n) is 5.18. The molecule has 0 saturated heterocycles. The van der Waals surface area contributed by atoms with E-state index in [0.717, 1.165) is 28.4 Å². The van der Waals surface area contributed by atoms with Gasteiger partial charge in [0.05, 0.1) is 23.0 Å². The molecule has 3 rings (SSSR count). The highest BCUT2D eigenvalue weighted by Gasteiger charge is 2.16. The summed E-state index contributed by atoms with van der Waals surface area (Å²) in [5.41, 5.74) is 3.27. The predicted octanol–water partition coefficient (Wildman–Crippen LogP) is 4.59. The quantitative estimate of drug-likeness (QED) is 0.660. The molecular formula is C16H17ClN2O. The van der Waals surface area contributed by atoms with Gasteiger partial charge in [-0.05, 0) is 50.6 Å². The monoisotopic (exact) mass is 288 g/mol. The lowest BCUT2D eigenvalue weighted by Gasteiger charge is -2.08. The highest BCUT2D eigenvalue weighted by Crippen LogP contribution is 2.26. The topological polar surface area (TPSA) is 31.0 Å². The Labute approximate surface area is 123 Å². The van der Waals surface area contributed by atoms with Gasteiger partial charge >= 0.3 is 0 Å². The first-order chi connectivity index (χ1) is 9.54. The summed E-state index contributed by atoms with van der Waals surface area (Å²) in [5.74, 6) is 2.71. The number of hydrogen-bond donors (Lipinski definition) is 0. The number of furan rings is 1. The van der Waals surface area contributed by atoms with Crippen LogP contribution in [0.1, 0.15) is 35.2 Å². The minimum atomic E-state index is -0.140. The highest BCUT2D eigenvalue weighted by molar-refractivity contribution is 6.20. The molecule has 1 atom stereocenters. The van der Waals surface area contributed by atoms with Gasteiger partial charge < -0.3 is 8.98 Å². The van der Waals surface area contributed by atoms with Crippen molar-refractivity contribution in [2.75, 3.05) is 0 Å². The lowest BCUT2D eigenvalue weighted by Crippen LogP contribution is -2.05. The highest BCUT2D eigenvalue weighted by atomic mass is 35.5. The third-order valence-electron chi connectivity index (χ3n) is 3.40. The fourth-order valence-electron chi connectivity index (χ4n) is 2.45. The minimum absolute atomic E-state index is 0.140. The van der Waals surface area contributed by atoms with Gasteiger partial charge in [-0.3, -0.25) is 0 Å². The molecule has 0 aliphatic heterocycles. The largest absolute Gasteiger partial charge is 0.464 e. The van der Waals surface area contributed by atoms with Gasteiger partial charge in [0.1, 0.15) is 17.3 Å². The van der Waals surface area contributed by atoms with E-state index in [1.807, 2.05) is 26.0 Å². The Hall–Kier alpha value is -1.74. The maximum Gasteiger partial charge on any atom is 0.128 e. The van der Waals surface area contributed by atoms with E-state index in [4.69, 9.17) is 16.0 Å². The number of aryl methyl sites for hydroxylation is 2. The first kappa shape index (κ1) is 13.3. The van der Waals surface area contributed by atoms with Crippen molar-refractivity contribution >= 4 is 22.6 Å². The zero-order chi connectivity index (χ0) is 14.3. The van der Waals surface area contributed by atoms with E-state index in [-0.39, 0.29) is 5.38 Å². The molecule has 20 heavy (non-hydrogen) atoms. The normalized spacial score (nSPS) is 13.0. The Morgan fingerprint density at radius 1 is 1.25 bits per heavy atom. The third-order valence-corrected chi connectivity index (χ3v) is 3.59. The van der Waals surface area contributed by atoms with Gasteiger partial charge in [-0.1, -0.05) is 6.07 Å². The molecule has 0 fully saturated rings. The van der Waals surface area contributed by atoms with Crippen LogP contribution in [0.25, 0.3) is 11.0 Å². The summed E-state index contributed by atoms with van der Waals surface area (Å²) < 4.78 is 7.80. The summed E-state index contributed by atoms with van der Waals surface area (Å²) in [4.78, 5) is 4.67. The zero-order valence-corrected chi connectivity index (χ0v) is 12.6. The number of benzene rings is 1. The SMILES string of the molecule is Cc1ccc2c(c1)nc(C(C)Cl)n2Cc1ccc(C)o1. The summed E-state index contributed by atoms with van der Waals surface area (Å²) in [6.07, 6.45) is 0. The Morgan fingerprint density at radius 2 is 2.05 bits per heavy atom. The van der Waals surface area contributed by atoms with Crippen molar-refractivity contribution in [3.8, 4) is 0 Å². The second kappa shape index (κ2) is 4.98. The fraction of sp³-hybridized carbons (Fsp3) is 0.312. The third kappa shape index (κ3) is 2.34. The molecule has 0 saturated carbocycles. The molecule has 0 aliphatic carbocycles. The predicted molar refractivity (Wildman–Crippen MR) is 81.3 cm³/mol. The van der Waals surface area contributed by atoms with Crippen LogP contribution in [0.3, 0.4) is 0 Å². The van der Waals surface area contributed by atoms with E-state index in [1.54, 1.807) is 0 Å². The van der Waals surface area contributed by atoms with E-state index >= 15 is 0 Å². The lowest BCUT2D eigenvalue weighted by atomic mass is 10.2. The molecule has 3 aromatic rings. The van der Waals surface area contributed by atoms with Crippen LogP contribution >= 0.6 is 11.6 Å². The van der Waals surface area contributed by atoms with Gasteiger partial charge in [0.2, 0.25) is 0 Å². The smallest absolute Gasteiger partial charge is 0.128 e. The summed E-state index contributed by atoms with van der Waals surface area (Å²) >= 11 is 6.28. The van der Waals surface area contributed by atoms with Gasteiger partial charge in [0.15, 0.2) is 0 Å². The maximum atomic E-state index is 6.28. The maximum absolute atomic E-state index is 6.28. The molecule has 2 aromatic heterocycles. The van der Waals surface area contributed by atoms with Gasteiger partial charge in [0.25, 0.3) is 0 Å². The Balaban J connectivity index is 2.13. The molecule has 3 nitrogen and oxygen atoms in total. The van der Waals surface area contributed by atoms with Crippen LogP contribution in [0.2, 0.25) is 0 Å². The van der Waals surface area contributed by atoms with E-state index in [0.29, 0.717) is 6.54 Å². The summed E-state index contributed by atoms with van der Waals surface area (Å²) in [6, 6.07) is 10.2. The lowest BCUT2D eigenvalue weighted by molar-refractivity contribution is 0.469. The van der Waals surface area contributed by atoms with E-state index in [2.05, 4.69) is 34.7 Å². The number of aromatic nitrogens is 2. The molecule has 0 radical (unpaired) electrons. The second-order valence-corrected chi connectivity index (χ2v) is 5.83. The Bertz CT molecular complexity index is 755. The molecule has 2 heterocycles. The van der Waals surface area contributed by atoms with Crippen LogP contribution in [0.5, 0.6) is 0 Å². The zero-order valence-electron chi connectivity index (χ0n) is 11.9. The molecular weight excluding hydrogens is 272 g/mol. The molecule has 0 spiro atoms. The van der Waals surface area contributed by atoms with Gasteiger partial charge in [-0.15, -0.1) is 11.6 Å². The molecule has 1 unspecified atom stereocenters. The van der Waals surface area contributed by atoms with Crippen molar-refractivity contribution in [2.45, 2.75) is 32.7 Å². The number of imidazole rings is 1. The molecule has 0 amide bonds. The van der Waals surface area contributed by atoms with Gasteiger partial charge in [-0.25, -0.2) is 4.98 Å². The summed E-state index contributed by atoms with van der Waals surface area (Å²) in [5, 5.41) is -0.140. The van der Waals surface area contributed by atoms with Crippen molar-refractivity contribution in [1.82, 2.24) is 9.55 Å². The standard InChI is InChI=1S/C16H17ClN2O/c1-10-4-7-15-14(8-10)18-16(12(3)17)19(15)9-13-6-5-11(2)20-13/h4-8,12H,9H2,1-3H3. The van der Waals surface area contributed by atoms with Crippen LogP contribution in [0.15, 0.2) is 34.7 Å². The average molecular weight is 289 g/mol. The molecule has 4 heteroatoms. The minimum Gasteiger partial charge on any atom is -0.464 e. The first-order valence-electron chi connectivity index (χ1n) is 6.71. The van der Waals surface area contributed by atoms with Crippen molar-refractivity contribution < 1.29 is 4.42 Å². The Kier molecular flexibility index (Phi) is 3.30. The van der Waals surface area contributed by atoms with Crippen molar-refractivity contribution in [3.05, 3.63) is 53.2 Å². The molecule has 0 aliphatic rings. The number of fused-ring (bicyclic) bond motifs is 1. The number of alkyl halides is 1. The fourth-order valence-corrected chi connectivity index (χ4v) is 2.62. The molecule has 1 aromatic carbocycles. The molecule has 0 bridgehead atoms. The van der Waals surface area contributed by atoms with Gasteiger partial charge in [0, 0.05) is 0 Å². The Morgan fingerprint density at radius 3 is 2.70 bits per heavy atom. The van der Waals surface area contributed by atoms with Gasteiger partial charge in [-0.2, -0.15) is 0 Å². The van der Waals surface area contributed by atoms with E-state index < -0.39 is 0 Å². The number of halogens is 1. The molecule has 0 N–H and O–H groups in total. The van der Waals surface area contributed by atoms with Crippen LogP contribution in [-0.4, -0.2) is 9.55 Å². The van der Waals surface area contributed by atoms with Crippen LogP contribution in [-0.2, 0) is 6.54 Å². The van der Waals surface area contributed by atoms with Crippen molar-refractivity contribution in [3.63, 3.8) is 0 Å². The number of hydrogen-bond acceptors (Lipinski definition) is 2. The number of rotatable bonds is 3. The number of nitrogens with zero attached hydrogens (tertiary/aromatic N) is 2. The summed E-state index contributed by atoms with van der Waals surface area (Å²) in [6.45, 7) is 6.61. The average Bonchev–Trinajstić information content (AvgIpc) is 2.94. The van der Waals surface area contributed by atoms with E-state index in [1.165, 1.54) is 5.56 Å². The van der Waals surface area contributed by atoms with Crippen LogP contribution in [0, 0.1) is 13.8 Å². The summed E-state index contributed by atoms with van der Waals surface area (Å²) in [7, 11) is 0. The van der Waals surface area contributed by atoms with E-state index in [9.17, 15) is 0 Å². The van der Waals surface area contributed by atoms with Crippen LogP contribution < -0.4 is 0 Å². The van der Waals surface area contributed by atoms with Crippen molar-refractivity contribution in [2.24, 2.45) is 0 Å². The molecule has 104 valence electrons.